The lowest BCUT2D eigenvalue weighted by Gasteiger charge is -2.11. The number of benzene rings is 1. The Kier molecular flexibility index (Phi) is 3.98. The molecule has 0 radical (unpaired) electrons. The highest BCUT2D eigenvalue weighted by Crippen LogP contribution is 2.37. The average Bonchev–Trinajstić information content (AvgIpc) is 2.26. The third-order valence-electron chi connectivity index (χ3n) is 2.13. The number of hydrogen-bond donors (Lipinski definition) is 0. The largest absolute Gasteiger partial charge is 0.497 e. The van der Waals surface area contributed by atoms with E-state index < -0.39 is 0 Å². The van der Waals surface area contributed by atoms with E-state index >= 15 is 0 Å². The van der Waals surface area contributed by atoms with Gasteiger partial charge in [0.1, 0.15) is 11.5 Å². The summed E-state index contributed by atoms with van der Waals surface area (Å²) in [6, 6.07) is 3.38. The second-order valence-electron chi connectivity index (χ2n) is 3.03. The van der Waals surface area contributed by atoms with Gasteiger partial charge in [0.2, 0.25) is 0 Å². The van der Waals surface area contributed by atoms with Crippen molar-refractivity contribution in [2.75, 3.05) is 14.2 Å². The van der Waals surface area contributed by atoms with E-state index in [0.717, 1.165) is 10.0 Å². The van der Waals surface area contributed by atoms with Gasteiger partial charge >= 0.3 is 0 Å². The van der Waals surface area contributed by atoms with Gasteiger partial charge in [0, 0.05) is 17.5 Å². The smallest absolute Gasteiger partial charge is 0.250 e. The van der Waals surface area contributed by atoms with Gasteiger partial charge in [-0.05, 0) is 22.0 Å². The van der Waals surface area contributed by atoms with E-state index in [1.807, 2.05) is 13.0 Å². The van der Waals surface area contributed by atoms with E-state index in [4.69, 9.17) is 16.0 Å². The molecule has 0 fully saturated rings. The lowest BCUT2D eigenvalue weighted by atomic mass is 10.1. The van der Waals surface area contributed by atoms with Gasteiger partial charge in [-0.1, -0.05) is 0 Å². The molecule has 3 nitrogen and oxygen atoms in total. The van der Waals surface area contributed by atoms with Crippen molar-refractivity contribution in [3.63, 3.8) is 0 Å². The molecule has 0 aliphatic carbocycles. The summed E-state index contributed by atoms with van der Waals surface area (Å²) in [5.74, 6) is 1.38. The molecule has 1 aromatic carbocycles. The van der Waals surface area contributed by atoms with Gasteiger partial charge in [-0.15, -0.1) is 0 Å². The Morgan fingerprint density at radius 1 is 1.33 bits per heavy atom. The highest BCUT2D eigenvalue weighted by Gasteiger charge is 2.20. The lowest BCUT2D eigenvalue weighted by molar-refractivity contribution is 0.389. The second kappa shape index (κ2) is 5.04. The van der Waals surface area contributed by atoms with E-state index in [1.165, 1.54) is 0 Å². The molecular formula is C11H12BrNO2. The molecule has 0 aromatic heterocycles. The molecule has 1 unspecified atom stereocenters. The number of nitrogens with zero attached hydrogens (tertiary/aromatic N) is 1. The molecule has 0 N–H and O–H groups in total. The van der Waals surface area contributed by atoms with Gasteiger partial charge in [-0.25, -0.2) is 6.57 Å². The summed E-state index contributed by atoms with van der Waals surface area (Å²) >= 11 is 3.42. The third-order valence-corrected chi connectivity index (χ3v) is 2.79. The van der Waals surface area contributed by atoms with E-state index in [2.05, 4.69) is 20.8 Å². The number of hydrogen-bond acceptors (Lipinski definition) is 2. The molecule has 0 spiro atoms. The van der Waals surface area contributed by atoms with Crippen LogP contribution in [0.3, 0.4) is 0 Å². The molecule has 80 valence electrons. The maximum atomic E-state index is 7.03. The van der Waals surface area contributed by atoms with Crippen LogP contribution in [-0.2, 0) is 0 Å². The van der Waals surface area contributed by atoms with Gasteiger partial charge in [0.15, 0.2) is 0 Å². The number of methoxy groups -OCH3 is 2. The first kappa shape index (κ1) is 11.9. The van der Waals surface area contributed by atoms with Crippen molar-refractivity contribution >= 4 is 15.9 Å². The summed E-state index contributed by atoms with van der Waals surface area (Å²) < 4.78 is 11.2. The average molecular weight is 270 g/mol. The lowest BCUT2D eigenvalue weighted by Crippen LogP contribution is -1.97. The Morgan fingerprint density at radius 3 is 2.47 bits per heavy atom. The van der Waals surface area contributed by atoms with Crippen molar-refractivity contribution in [2.24, 2.45) is 0 Å². The van der Waals surface area contributed by atoms with Gasteiger partial charge in [-0.2, -0.15) is 0 Å². The van der Waals surface area contributed by atoms with Crippen molar-refractivity contribution in [3.05, 3.63) is 33.6 Å². The zero-order valence-corrected chi connectivity index (χ0v) is 10.5. The van der Waals surface area contributed by atoms with Crippen molar-refractivity contribution in [1.82, 2.24) is 0 Å². The van der Waals surface area contributed by atoms with Crippen molar-refractivity contribution in [2.45, 2.75) is 13.0 Å². The van der Waals surface area contributed by atoms with Crippen LogP contribution in [0.25, 0.3) is 4.85 Å². The molecule has 0 saturated carbocycles. The van der Waals surface area contributed by atoms with Crippen LogP contribution in [0.15, 0.2) is 16.6 Å². The Morgan fingerprint density at radius 2 is 2.00 bits per heavy atom. The number of ether oxygens (including phenoxy) is 2. The highest BCUT2D eigenvalue weighted by molar-refractivity contribution is 9.10. The predicted octanol–water partition coefficient (Wildman–Crippen LogP) is 3.45. The van der Waals surface area contributed by atoms with Crippen LogP contribution in [0.4, 0.5) is 0 Å². The van der Waals surface area contributed by atoms with Crippen LogP contribution < -0.4 is 9.47 Å². The van der Waals surface area contributed by atoms with Crippen LogP contribution in [0, 0.1) is 6.57 Å². The minimum atomic E-state index is -0.236. The fourth-order valence-electron chi connectivity index (χ4n) is 1.33. The van der Waals surface area contributed by atoms with Crippen LogP contribution in [-0.4, -0.2) is 14.2 Å². The molecule has 4 heteroatoms. The summed E-state index contributed by atoms with van der Waals surface area (Å²) in [5, 5.41) is 0. The Labute approximate surface area is 98.0 Å². The molecule has 0 heterocycles. The van der Waals surface area contributed by atoms with Crippen molar-refractivity contribution < 1.29 is 9.47 Å². The maximum Gasteiger partial charge on any atom is 0.250 e. The Balaban J connectivity index is 3.32. The monoisotopic (exact) mass is 269 g/mol. The van der Waals surface area contributed by atoms with Gasteiger partial charge in [0.25, 0.3) is 6.04 Å². The zero-order valence-electron chi connectivity index (χ0n) is 8.87. The molecular weight excluding hydrogens is 258 g/mol. The molecule has 15 heavy (non-hydrogen) atoms. The standard InChI is InChI=1S/C11H12BrNO2/c1-7(13-2)11-9(12)5-8(14-3)6-10(11)15-4/h5-7H,1,3-4H3. The predicted molar refractivity (Wildman–Crippen MR) is 62.3 cm³/mol. The van der Waals surface area contributed by atoms with Gasteiger partial charge in [-0.3, -0.25) is 0 Å². The second-order valence-corrected chi connectivity index (χ2v) is 3.88. The van der Waals surface area contributed by atoms with E-state index in [-0.39, 0.29) is 6.04 Å². The summed E-state index contributed by atoms with van der Waals surface area (Å²) in [4.78, 5) is 3.48. The Bertz CT molecular complexity index is 398. The van der Waals surface area contributed by atoms with Crippen molar-refractivity contribution in [1.29, 1.82) is 0 Å². The van der Waals surface area contributed by atoms with Crippen molar-refractivity contribution in [3.8, 4) is 11.5 Å². The Hall–Kier alpha value is -1.21. The zero-order chi connectivity index (χ0) is 11.4. The molecule has 0 aliphatic heterocycles. The van der Waals surface area contributed by atoms with Crippen LogP contribution in [0.5, 0.6) is 11.5 Å². The van der Waals surface area contributed by atoms with E-state index in [9.17, 15) is 0 Å². The normalized spacial score (nSPS) is 11.7. The van der Waals surface area contributed by atoms with E-state index in [0.29, 0.717) is 11.5 Å². The first-order chi connectivity index (χ1) is 7.13. The number of rotatable bonds is 3. The third kappa shape index (κ3) is 2.42. The minimum Gasteiger partial charge on any atom is -0.497 e. The fraction of sp³-hybridized carbons (Fsp3) is 0.364. The van der Waals surface area contributed by atoms with Gasteiger partial charge < -0.3 is 14.3 Å². The van der Waals surface area contributed by atoms with E-state index in [1.54, 1.807) is 20.3 Å². The molecule has 0 saturated heterocycles. The van der Waals surface area contributed by atoms with Crippen LogP contribution in [0.2, 0.25) is 0 Å². The van der Waals surface area contributed by atoms with Crippen LogP contribution >= 0.6 is 15.9 Å². The molecule has 1 atom stereocenters. The fourth-order valence-corrected chi connectivity index (χ4v) is 2.08. The summed E-state index contributed by atoms with van der Waals surface area (Å²) in [6.07, 6.45) is 0. The summed E-state index contributed by atoms with van der Waals surface area (Å²) in [5.41, 5.74) is 0.855. The first-order valence-electron chi connectivity index (χ1n) is 4.42. The first-order valence-corrected chi connectivity index (χ1v) is 5.21. The number of halogens is 1. The van der Waals surface area contributed by atoms with Crippen LogP contribution in [0.1, 0.15) is 18.5 Å². The molecule has 0 aliphatic rings. The maximum absolute atomic E-state index is 7.03. The highest BCUT2D eigenvalue weighted by atomic mass is 79.9. The minimum absolute atomic E-state index is 0.236. The summed E-state index contributed by atoms with van der Waals surface area (Å²) in [6.45, 7) is 8.87. The SMILES string of the molecule is [C-]#[N+]C(C)c1c(Br)cc(OC)cc1OC. The molecule has 1 rings (SSSR count). The molecule has 1 aromatic rings. The topological polar surface area (TPSA) is 22.8 Å². The summed E-state index contributed by atoms with van der Waals surface area (Å²) in [7, 11) is 3.18. The quantitative estimate of drug-likeness (QED) is 0.785. The molecule has 0 amide bonds. The van der Waals surface area contributed by atoms with Gasteiger partial charge in [0.05, 0.1) is 19.8 Å². The molecule has 0 bridgehead atoms.